The number of carbonyl (C=O) groups excluding carboxylic acids is 1. The van der Waals surface area contributed by atoms with Crippen LogP contribution in [-0.2, 0) is 9.59 Å². The van der Waals surface area contributed by atoms with E-state index in [1.54, 1.807) is 11.0 Å². The van der Waals surface area contributed by atoms with E-state index in [1.807, 2.05) is 30.3 Å². The van der Waals surface area contributed by atoms with Gasteiger partial charge in [0, 0.05) is 67.4 Å². The van der Waals surface area contributed by atoms with Crippen LogP contribution in [-0.4, -0.2) is 84.3 Å². The van der Waals surface area contributed by atoms with Crippen molar-refractivity contribution in [2.24, 2.45) is 5.92 Å². The molecule has 0 atom stereocenters. The number of carbonyl (C=O) groups is 2. The maximum Gasteiger partial charge on any atom is 0.306 e. The summed E-state index contributed by atoms with van der Waals surface area (Å²) in [5.74, 6) is -1.05. The molecule has 0 saturated carbocycles. The number of nitrogens with zero attached hydrogens (tertiary/aromatic N) is 3. The number of piperazine rings is 1. The highest BCUT2D eigenvalue weighted by atomic mass is 35.5. The lowest BCUT2D eigenvalue weighted by atomic mass is 9.97. The number of rotatable bonds is 8. The Kier molecular flexibility index (Phi) is 9.78. The highest BCUT2D eigenvalue weighted by Gasteiger charge is 2.25. The lowest BCUT2D eigenvalue weighted by molar-refractivity contribution is -0.142. The Morgan fingerprint density at radius 3 is 2.41 bits per heavy atom. The van der Waals surface area contributed by atoms with E-state index in [1.165, 1.54) is 17.8 Å². The first-order valence-corrected chi connectivity index (χ1v) is 14.0. The number of carboxylic acids is 1. The fourth-order valence-electron chi connectivity index (χ4n) is 4.61. The molecular weight excluding hydrogens is 533 g/mol. The third-order valence-corrected chi connectivity index (χ3v) is 8.90. The summed E-state index contributed by atoms with van der Waals surface area (Å²) in [6.07, 6.45) is 4.52. The molecular formula is C27H31Cl2N3O4S. The molecule has 0 radical (unpaired) electrons. The number of piperidine rings is 1. The molecule has 0 spiro atoms. The summed E-state index contributed by atoms with van der Waals surface area (Å²) in [6, 6.07) is 11.9. The fraction of sp³-hybridized carbons (Fsp3) is 0.407. The standard InChI is InChI=1S/C27H31Cl2N3O4S/c28-25-19(5-7-24(34)32-14-12-30(13-15-32)16-17-33)4-6-23(26(25)29)37-22-3-1-2-21(18-22)31-10-8-20(9-11-31)27(35)36/h1-7,18,20,33H,8-17H2,(H,35,36)/b7-5+. The highest BCUT2D eigenvalue weighted by molar-refractivity contribution is 7.99. The highest BCUT2D eigenvalue weighted by Crippen LogP contribution is 2.40. The van der Waals surface area contributed by atoms with Crippen molar-refractivity contribution in [1.29, 1.82) is 0 Å². The van der Waals surface area contributed by atoms with Crippen molar-refractivity contribution in [1.82, 2.24) is 9.80 Å². The molecule has 7 nitrogen and oxygen atoms in total. The first-order chi connectivity index (χ1) is 17.9. The van der Waals surface area contributed by atoms with Crippen molar-refractivity contribution in [3.8, 4) is 0 Å². The van der Waals surface area contributed by atoms with Gasteiger partial charge in [-0.15, -0.1) is 0 Å². The van der Waals surface area contributed by atoms with Gasteiger partial charge in [0.2, 0.25) is 5.91 Å². The lowest BCUT2D eigenvalue weighted by Gasteiger charge is -2.33. The van der Waals surface area contributed by atoms with Gasteiger partial charge in [0.05, 0.1) is 22.6 Å². The van der Waals surface area contributed by atoms with E-state index >= 15 is 0 Å². The van der Waals surface area contributed by atoms with Gasteiger partial charge >= 0.3 is 5.97 Å². The van der Waals surface area contributed by atoms with Gasteiger partial charge in [-0.2, -0.15) is 0 Å². The van der Waals surface area contributed by atoms with Crippen LogP contribution in [0.3, 0.4) is 0 Å². The number of aliphatic carboxylic acids is 1. The minimum atomic E-state index is -0.713. The van der Waals surface area contributed by atoms with Crippen molar-refractivity contribution in [2.45, 2.75) is 22.6 Å². The van der Waals surface area contributed by atoms with Gasteiger partial charge in [0.25, 0.3) is 0 Å². The molecule has 0 aromatic heterocycles. The maximum absolute atomic E-state index is 12.6. The van der Waals surface area contributed by atoms with E-state index in [9.17, 15) is 14.7 Å². The Morgan fingerprint density at radius 2 is 1.73 bits per heavy atom. The number of benzene rings is 2. The zero-order valence-electron chi connectivity index (χ0n) is 20.5. The van der Waals surface area contributed by atoms with Crippen molar-refractivity contribution in [2.75, 3.05) is 57.3 Å². The van der Waals surface area contributed by atoms with E-state index in [4.69, 9.17) is 28.3 Å². The molecule has 0 unspecified atom stereocenters. The molecule has 0 bridgehead atoms. The summed E-state index contributed by atoms with van der Waals surface area (Å²) in [7, 11) is 0. The van der Waals surface area contributed by atoms with Crippen LogP contribution < -0.4 is 4.90 Å². The Balaban J connectivity index is 1.38. The number of carboxylic acid groups (broad SMARTS) is 1. The summed E-state index contributed by atoms with van der Waals surface area (Å²) < 4.78 is 0. The summed E-state index contributed by atoms with van der Waals surface area (Å²) in [5.41, 5.74) is 1.74. The molecule has 10 heteroatoms. The minimum Gasteiger partial charge on any atom is -0.481 e. The number of hydrogen-bond donors (Lipinski definition) is 2. The number of β-amino-alcohol motifs (C(OH)–C–C–N with tert-alkyl or cyclic N) is 1. The third kappa shape index (κ3) is 7.21. The van der Waals surface area contributed by atoms with Gasteiger partial charge in [0.1, 0.15) is 0 Å². The first kappa shape index (κ1) is 27.8. The number of aliphatic hydroxyl groups is 1. The van der Waals surface area contributed by atoms with Crippen LogP contribution in [0.5, 0.6) is 0 Å². The summed E-state index contributed by atoms with van der Waals surface area (Å²) in [4.78, 5) is 31.8. The Labute approximate surface area is 231 Å². The summed E-state index contributed by atoms with van der Waals surface area (Å²) in [6.45, 7) is 4.95. The minimum absolute atomic E-state index is 0.0708. The smallest absolute Gasteiger partial charge is 0.306 e. The molecule has 4 rings (SSSR count). The molecule has 2 N–H and O–H groups in total. The normalized spacial score (nSPS) is 17.5. The maximum atomic E-state index is 12.6. The van der Waals surface area contributed by atoms with Crippen molar-refractivity contribution >= 4 is 58.6 Å². The number of halogens is 2. The Morgan fingerprint density at radius 1 is 1.00 bits per heavy atom. The molecule has 2 saturated heterocycles. The fourth-order valence-corrected chi connectivity index (χ4v) is 6.09. The van der Waals surface area contributed by atoms with Crippen molar-refractivity contribution in [3.05, 3.63) is 58.1 Å². The van der Waals surface area contributed by atoms with Crippen LogP contribution in [0.25, 0.3) is 6.08 Å². The second-order valence-electron chi connectivity index (χ2n) is 9.20. The molecule has 2 aromatic carbocycles. The summed E-state index contributed by atoms with van der Waals surface area (Å²) in [5, 5.41) is 19.1. The van der Waals surface area contributed by atoms with E-state index in [0.717, 1.165) is 41.7 Å². The average molecular weight is 565 g/mol. The van der Waals surface area contributed by atoms with Gasteiger partial charge < -0.3 is 20.0 Å². The van der Waals surface area contributed by atoms with Crippen LogP contribution in [0, 0.1) is 5.92 Å². The molecule has 2 aromatic rings. The molecule has 2 fully saturated rings. The van der Waals surface area contributed by atoms with Crippen LogP contribution in [0.4, 0.5) is 5.69 Å². The van der Waals surface area contributed by atoms with E-state index < -0.39 is 5.97 Å². The van der Waals surface area contributed by atoms with Gasteiger partial charge in [-0.05, 0) is 48.7 Å². The number of amides is 1. The van der Waals surface area contributed by atoms with Gasteiger partial charge in [-0.3, -0.25) is 14.5 Å². The summed E-state index contributed by atoms with van der Waals surface area (Å²) >= 11 is 14.7. The van der Waals surface area contributed by atoms with Crippen LogP contribution in [0.15, 0.2) is 52.3 Å². The largest absolute Gasteiger partial charge is 0.481 e. The van der Waals surface area contributed by atoms with E-state index in [0.29, 0.717) is 48.1 Å². The molecule has 2 aliphatic heterocycles. The van der Waals surface area contributed by atoms with E-state index in [2.05, 4.69) is 15.9 Å². The van der Waals surface area contributed by atoms with Crippen molar-refractivity contribution < 1.29 is 19.8 Å². The predicted molar refractivity (Wildman–Crippen MR) is 149 cm³/mol. The van der Waals surface area contributed by atoms with Crippen molar-refractivity contribution in [3.63, 3.8) is 0 Å². The van der Waals surface area contributed by atoms with Gasteiger partial charge in [-0.25, -0.2) is 0 Å². The zero-order chi connectivity index (χ0) is 26.4. The molecule has 198 valence electrons. The average Bonchev–Trinajstić information content (AvgIpc) is 2.91. The Bertz CT molecular complexity index is 1150. The second kappa shape index (κ2) is 13.0. The zero-order valence-corrected chi connectivity index (χ0v) is 22.8. The molecule has 2 aliphatic rings. The van der Waals surface area contributed by atoms with E-state index in [-0.39, 0.29) is 18.4 Å². The third-order valence-electron chi connectivity index (χ3n) is 6.84. The topological polar surface area (TPSA) is 84.3 Å². The van der Waals surface area contributed by atoms with Gasteiger partial charge in [-0.1, -0.05) is 47.1 Å². The number of anilines is 1. The van der Waals surface area contributed by atoms with Crippen LogP contribution in [0.1, 0.15) is 18.4 Å². The molecule has 0 aliphatic carbocycles. The van der Waals surface area contributed by atoms with Crippen LogP contribution >= 0.6 is 35.0 Å². The lowest BCUT2D eigenvalue weighted by Crippen LogP contribution is -2.48. The SMILES string of the molecule is O=C(O)C1CCN(c2cccc(Sc3ccc(/C=C/C(=O)N4CCN(CCO)CC4)c(Cl)c3Cl)c2)CC1. The van der Waals surface area contributed by atoms with Crippen LogP contribution in [0.2, 0.25) is 10.0 Å². The molecule has 1 amide bonds. The predicted octanol–water partition coefficient (Wildman–Crippen LogP) is 4.60. The number of hydrogen-bond acceptors (Lipinski definition) is 6. The Hall–Kier alpha value is -2.23. The first-order valence-electron chi connectivity index (χ1n) is 12.4. The molecule has 37 heavy (non-hydrogen) atoms. The van der Waals surface area contributed by atoms with Gasteiger partial charge in [0.15, 0.2) is 0 Å². The number of aliphatic hydroxyl groups excluding tert-OH is 1. The second-order valence-corrected chi connectivity index (χ2v) is 11.1. The quantitative estimate of drug-likeness (QED) is 0.454. The monoisotopic (exact) mass is 563 g/mol. The molecule has 2 heterocycles.